The van der Waals surface area contributed by atoms with Crippen LogP contribution in [0.3, 0.4) is 0 Å². The molecule has 1 aromatic carbocycles. The van der Waals surface area contributed by atoms with Crippen molar-refractivity contribution in [2.45, 2.75) is 78.2 Å². The number of hydrogen-bond donors (Lipinski definition) is 0. The zero-order chi connectivity index (χ0) is 16.9. The molecule has 0 aliphatic heterocycles. The molecule has 0 atom stereocenters. The van der Waals surface area contributed by atoms with Crippen molar-refractivity contribution in [3.8, 4) is 11.5 Å². The van der Waals surface area contributed by atoms with E-state index in [4.69, 9.17) is 9.47 Å². The van der Waals surface area contributed by atoms with Crippen LogP contribution in [-0.4, -0.2) is 11.6 Å². The summed E-state index contributed by atoms with van der Waals surface area (Å²) in [5.41, 5.74) is -0.468. The maximum atomic E-state index is 12.1. The molecular weight excluding hydrogens is 288 g/mol. The molecule has 0 heterocycles. The topological polar surface area (TPSA) is 35.5 Å². The Labute approximate surface area is 140 Å². The molecule has 3 heteroatoms. The van der Waals surface area contributed by atoms with Crippen molar-refractivity contribution >= 4 is 5.97 Å². The number of rotatable bonds is 6. The summed E-state index contributed by atoms with van der Waals surface area (Å²) in [6.45, 7) is 8.00. The van der Waals surface area contributed by atoms with Gasteiger partial charge < -0.3 is 9.47 Å². The fraction of sp³-hybridized carbons (Fsp3) is 0.650. The summed E-state index contributed by atoms with van der Waals surface area (Å²) < 4.78 is 11.8. The maximum Gasteiger partial charge on any atom is 0.316 e. The molecule has 0 radical (unpaired) electrons. The van der Waals surface area contributed by atoms with Crippen molar-refractivity contribution in [3.05, 3.63) is 24.3 Å². The SMILES string of the molecule is CCC1(Oc2ccc(OC(=O)C(C)(C)CC)cc2)CCCCC1. The first-order valence-electron chi connectivity index (χ1n) is 8.92. The van der Waals surface area contributed by atoms with Crippen LogP contribution >= 0.6 is 0 Å². The van der Waals surface area contributed by atoms with Crippen molar-refractivity contribution in [2.75, 3.05) is 0 Å². The van der Waals surface area contributed by atoms with Gasteiger partial charge in [-0.05, 0) is 76.6 Å². The van der Waals surface area contributed by atoms with Gasteiger partial charge >= 0.3 is 5.97 Å². The normalized spacial score (nSPS) is 17.6. The van der Waals surface area contributed by atoms with Gasteiger partial charge in [-0.2, -0.15) is 0 Å². The molecule has 23 heavy (non-hydrogen) atoms. The molecule has 0 amide bonds. The summed E-state index contributed by atoms with van der Waals surface area (Å²) in [7, 11) is 0. The molecule has 0 bridgehead atoms. The number of ether oxygens (including phenoxy) is 2. The highest BCUT2D eigenvalue weighted by Gasteiger charge is 2.32. The second-order valence-electron chi connectivity index (χ2n) is 7.30. The van der Waals surface area contributed by atoms with Gasteiger partial charge in [-0.3, -0.25) is 4.79 Å². The molecular formula is C20H30O3. The minimum Gasteiger partial charge on any atom is -0.487 e. The zero-order valence-electron chi connectivity index (χ0n) is 15.0. The van der Waals surface area contributed by atoms with Crippen molar-refractivity contribution in [1.82, 2.24) is 0 Å². The summed E-state index contributed by atoms with van der Waals surface area (Å²) in [4.78, 5) is 12.1. The zero-order valence-corrected chi connectivity index (χ0v) is 15.0. The Morgan fingerprint density at radius 2 is 1.61 bits per heavy atom. The first-order valence-corrected chi connectivity index (χ1v) is 8.92. The second-order valence-corrected chi connectivity index (χ2v) is 7.30. The fourth-order valence-corrected chi connectivity index (χ4v) is 2.94. The number of carbonyl (C=O) groups is 1. The Kier molecular flexibility index (Phi) is 5.72. The second kappa shape index (κ2) is 7.37. The third kappa shape index (κ3) is 4.49. The smallest absolute Gasteiger partial charge is 0.316 e. The van der Waals surface area contributed by atoms with Crippen molar-refractivity contribution in [2.24, 2.45) is 5.41 Å². The average molecular weight is 318 g/mol. The summed E-state index contributed by atoms with van der Waals surface area (Å²) in [5.74, 6) is 1.26. The molecule has 0 N–H and O–H groups in total. The molecule has 0 unspecified atom stereocenters. The molecule has 1 aliphatic carbocycles. The van der Waals surface area contributed by atoms with Crippen LogP contribution in [0.4, 0.5) is 0 Å². The van der Waals surface area contributed by atoms with Crippen molar-refractivity contribution in [1.29, 1.82) is 0 Å². The van der Waals surface area contributed by atoms with Crippen LogP contribution < -0.4 is 9.47 Å². The lowest BCUT2D eigenvalue weighted by Gasteiger charge is -2.37. The predicted molar refractivity (Wildman–Crippen MR) is 92.9 cm³/mol. The van der Waals surface area contributed by atoms with E-state index in [1.165, 1.54) is 19.3 Å². The summed E-state index contributed by atoms with van der Waals surface area (Å²) >= 11 is 0. The van der Waals surface area contributed by atoms with E-state index in [1.807, 2.05) is 45.0 Å². The Morgan fingerprint density at radius 3 is 2.13 bits per heavy atom. The van der Waals surface area contributed by atoms with Crippen LogP contribution in [0.1, 0.15) is 72.6 Å². The van der Waals surface area contributed by atoms with E-state index in [1.54, 1.807) is 0 Å². The predicted octanol–water partition coefficient (Wildman–Crippen LogP) is 5.52. The largest absolute Gasteiger partial charge is 0.487 e. The summed E-state index contributed by atoms with van der Waals surface area (Å²) in [6.07, 6.45) is 7.86. The Hall–Kier alpha value is -1.51. The third-order valence-corrected chi connectivity index (χ3v) is 5.21. The van der Waals surface area contributed by atoms with Gasteiger partial charge in [-0.1, -0.05) is 20.3 Å². The van der Waals surface area contributed by atoms with E-state index in [9.17, 15) is 4.79 Å². The lowest BCUT2D eigenvalue weighted by Crippen LogP contribution is -2.37. The molecule has 0 saturated heterocycles. The summed E-state index contributed by atoms with van der Waals surface area (Å²) in [5, 5.41) is 0. The van der Waals surface area contributed by atoms with Gasteiger partial charge in [0.15, 0.2) is 0 Å². The maximum absolute atomic E-state index is 12.1. The van der Waals surface area contributed by atoms with E-state index in [2.05, 4.69) is 6.92 Å². The van der Waals surface area contributed by atoms with E-state index in [-0.39, 0.29) is 11.6 Å². The van der Waals surface area contributed by atoms with Crippen LogP contribution in [0.5, 0.6) is 11.5 Å². The Bertz CT molecular complexity index is 510. The van der Waals surface area contributed by atoms with Crippen LogP contribution in [-0.2, 0) is 4.79 Å². The number of carbonyl (C=O) groups excluding carboxylic acids is 1. The lowest BCUT2D eigenvalue weighted by atomic mass is 9.82. The monoisotopic (exact) mass is 318 g/mol. The molecule has 1 saturated carbocycles. The molecule has 0 spiro atoms. The van der Waals surface area contributed by atoms with Crippen LogP contribution in [0.2, 0.25) is 0 Å². The number of esters is 1. The van der Waals surface area contributed by atoms with E-state index in [0.29, 0.717) is 5.75 Å². The quantitative estimate of drug-likeness (QED) is 0.512. The standard InChI is InChI=1S/C20H30O3/c1-5-19(3,4)18(21)22-16-10-12-17(13-11-16)23-20(6-2)14-8-7-9-15-20/h10-13H,5-9,14-15H2,1-4H3. The van der Waals surface area contributed by atoms with Crippen LogP contribution in [0.25, 0.3) is 0 Å². The highest BCUT2D eigenvalue weighted by molar-refractivity contribution is 5.78. The van der Waals surface area contributed by atoms with Gasteiger partial charge in [0, 0.05) is 0 Å². The van der Waals surface area contributed by atoms with E-state index >= 15 is 0 Å². The molecule has 3 nitrogen and oxygen atoms in total. The average Bonchev–Trinajstić information content (AvgIpc) is 2.57. The molecule has 1 aromatic rings. The van der Waals surface area contributed by atoms with Crippen molar-refractivity contribution in [3.63, 3.8) is 0 Å². The third-order valence-electron chi connectivity index (χ3n) is 5.21. The molecule has 1 aliphatic rings. The highest BCUT2D eigenvalue weighted by atomic mass is 16.5. The van der Waals surface area contributed by atoms with Gasteiger partial charge in [-0.15, -0.1) is 0 Å². The minimum atomic E-state index is -0.455. The molecule has 2 rings (SSSR count). The van der Waals surface area contributed by atoms with E-state index < -0.39 is 5.41 Å². The van der Waals surface area contributed by atoms with E-state index in [0.717, 1.165) is 31.4 Å². The van der Waals surface area contributed by atoms with Gasteiger partial charge in [0.1, 0.15) is 17.1 Å². The number of benzene rings is 1. The Balaban J connectivity index is 2.00. The van der Waals surface area contributed by atoms with Gasteiger partial charge in [0.05, 0.1) is 5.41 Å². The fourth-order valence-electron chi connectivity index (χ4n) is 2.94. The van der Waals surface area contributed by atoms with Gasteiger partial charge in [0.2, 0.25) is 0 Å². The minimum absolute atomic E-state index is 0.0132. The first kappa shape index (κ1) is 17.8. The van der Waals surface area contributed by atoms with Crippen LogP contribution in [0.15, 0.2) is 24.3 Å². The number of hydrogen-bond acceptors (Lipinski definition) is 3. The van der Waals surface area contributed by atoms with Gasteiger partial charge in [-0.25, -0.2) is 0 Å². The van der Waals surface area contributed by atoms with Gasteiger partial charge in [0.25, 0.3) is 0 Å². The molecule has 0 aromatic heterocycles. The molecule has 128 valence electrons. The Morgan fingerprint density at radius 1 is 1.04 bits per heavy atom. The highest BCUT2D eigenvalue weighted by Crippen LogP contribution is 2.36. The van der Waals surface area contributed by atoms with Crippen LogP contribution in [0, 0.1) is 5.41 Å². The summed E-state index contributed by atoms with van der Waals surface area (Å²) in [6, 6.07) is 7.47. The first-order chi connectivity index (χ1) is 10.9. The lowest BCUT2D eigenvalue weighted by molar-refractivity contribution is -0.144. The molecule has 1 fully saturated rings. The van der Waals surface area contributed by atoms with Crippen molar-refractivity contribution < 1.29 is 14.3 Å².